The van der Waals surface area contributed by atoms with Crippen LogP contribution in [0.2, 0.25) is 0 Å². The van der Waals surface area contributed by atoms with E-state index in [1.165, 1.54) is 7.05 Å². The highest BCUT2D eigenvalue weighted by Gasteiger charge is 2.17. The van der Waals surface area contributed by atoms with Crippen molar-refractivity contribution in [1.29, 1.82) is 0 Å². The van der Waals surface area contributed by atoms with E-state index in [0.717, 1.165) is 5.56 Å². The lowest BCUT2D eigenvalue weighted by Crippen LogP contribution is -2.47. The number of hydrogen-bond donors (Lipinski definition) is 3. The standard InChI is InChI=1S/C12H18N4O2/c1-8(10-4-6-14-7-5-10)15-9(2)11(17)16-12(18)13-3/h4-9,15H,1-3H3,(H2,13,16,17,18)/t8-,9?/m0/s1. The molecule has 1 aromatic heterocycles. The van der Waals surface area contributed by atoms with Crippen molar-refractivity contribution in [3.05, 3.63) is 30.1 Å². The summed E-state index contributed by atoms with van der Waals surface area (Å²) in [5, 5.41) is 7.66. The minimum atomic E-state index is -0.509. The number of carbonyl (C=O) groups excluding carboxylic acids is 2. The van der Waals surface area contributed by atoms with E-state index in [1.807, 2.05) is 19.1 Å². The van der Waals surface area contributed by atoms with Gasteiger partial charge in [-0.2, -0.15) is 0 Å². The Kier molecular flexibility index (Phi) is 5.26. The van der Waals surface area contributed by atoms with Gasteiger partial charge in [0.15, 0.2) is 0 Å². The molecule has 2 atom stereocenters. The zero-order valence-corrected chi connectivity index (χ0v) is 10.7. The fraction of sp³-hybridized carbons (Fsp3) is 0.417. The summed E-state index contributed by atoms with van der Waals surface area (Å²) in [5.41, 5.74) is 1.03. The first kappa shape index (κ1) is 14.1. The second-order valence-electron chi connectivity index (χ2n) is 3.96. The highest BCUT2D eigenvalue weighted by molar-refractivity contribution is 5.96. The molecule has 0 aliphatic heterocycles. The van der Waals surface area contributed by atoms with Gasteiger partial charge in [-0.3, -0.25) is 20.4 Å². The van der Waals surface area contributed by atoms with Gasteiger partial charge in [0.25, 0.3) is 0 Å². The molecule has 0 aliphatic carbocycles. The van der Waals surface area contributed by atoms with Crippen LogP contribution in [0.5, 0.6) is 0 Å². The van der Waals surface area contributed by atoms with Crippen LogP contribution in [-0.2, 0) is 4.79 Å². The van der Waals surface area contributed by atoms with Gasteiger partial charge in [0.05, 0.1) is 6.04 Å². The third-order valence-corrected chi connectivity index (χ3v) is 2.56. The van der Waals surface area contributed by atoms with E-state index in [2.05, 4.69) is 20.9 Å². The number of urea groups is 1. The van der Waals surface area contributed by atoms with E-state index in [1.54, 1.807) is 19.3 Å². The van der Waals surface area contributed by atoms with E-state index in [9.17, 15) is 9.59 Å². The third-order valence-electron chi connectivity index (χ3n) is 2.56. The Labute approximate surface area is 106 Å². The molecule has 0 bridgehead atoms. The minimum absolute atomic E-state index is 0.00145. The summed E-state index contributed by atoms with van der Waals surface area (Å²) in [6.45, 7) is 3.65. The number of hydrogen-bond acceptors (Lipinski definition) is 4. The molecule has 1 unspecified atom stereocenters. The predicted octanol–water partition coefficient (Wildman–Crippen LogP) is 0.576. The molecule has 3 amide bonds. The summed E-state index contributed by atoms with van der Waals surface area (Å²) in [6.07, 6.45) is 3.39. The van der Waals surface area contributed by atoms with Gasteiger partial charge < -0.3 is 5.32 Å². The molecule has 1 rings (SSSR count). The number of imide groups is 1. The van der Waals surface area contributed by atoms with Crippen LogP contribution in [0.1, 0.15) is 25.5 Å². The van der Waals surface area contributed by atoms with E-state index in [-0.39, 0.29) is 11.9 Å². The van der Waals surface area contributed by atoms with Crippen molar-refractivity contribution in [2.24, 2.45) is 0 Å². The minimum Gasteiger partial charge on any atom is -0.341 e. The molecule has 1 heterocycles. The number of nitrogens with zero attached hydrogens (tertiary/aromatic N) is 1. The molecular formula is C12H18N4O2. The van der Waals surface area contributed by atoms with Gasteiger partial charge in [0.1, 0.15) is 0 Å². The molecule has 6 nitrogen and oxygen atoms in total. The Morgan fingerprint density at radius 1 is 1.22 bits per heavy atom. The van der Waals surface area contributed by atoms with E-state index in [4.69, 9.17) is 0 Å². The quantitative estimate of drug-likeness (QED) is 0.730. The number of amides is 3. The second kappa shape index (κ2) is 6.70. The number of nitrogens with one attached hydrogen (secondary N) is 3. The van der Waals surface area contributed by atoms with Crippen molar-refractivity contribution >= 4 is 11.9 Å². The number of pyridine rings is 1. The fourth-order valence-electron chi connectivity index (χ4n) is 1.48. The van der Waals surface area contributed by atoms with Crippen molar-refractivity contribution in [3.8, 4) is 0 Å². The Balaban J connectivity index is 2.52. The smallest absolute Gasteiger partial charge is 0.321 e. The first-order valence-electron chi connectivity index (χ1n) is 5.73. The van der Waals surface area contributed by atoms with Crippen molar-refractivity contribution in [1.82, 2.24) is 20.9 Å². The van der Waals surface area contributed by atoms with Crippen molar-refractivity contribution < 1.29 is 9.59 Å². The van der Waals surface area contributed by atoms with Gasteiger partial charge in [-0.1, -0.05) is 0 Å². The van der Waals surface area contributed by atoms with Gasteiger partial charge in [0.2, 0.25) is 5.91 Å². The molecule has 98 valence electrons. The van der Waals surface area contributed by atoms with Crippen molar-refractivity contribution in [3.63, 3.8) is 0 Å². The number of carbonyl (C=O) groups is 2. The summed E-state index contributed by atoms with van der Waals surface area (Å²) in [7, 11) is 1.46. The zero-order chi connectivity index (χ0) is 13.5. The number of rotatable bonds is 4. The molecule has 0 aromatic carbocycles. The summed E-state index contributed by atoms with van der Waals surface area (Å²) < 4.78 is 0. The van der Waals surface area contributed by atoms with Crippen LogP contribution < -0.4 is 16.0 Å². The van der Waals surface area contributed by atoms with Gasteiger partial charge in [0, 0.05) is 25.5 Å². The van der Waals surface area contributed by atoms with Crippen LogP contribution in [-0.4, -0.2) is 30.0 Å². The third kappa shape index (κ3) is 4.14. The molecule has 0 fully saturated rings. The largest absolute Gasteiger partial charge is 0.341 e. The molecule has 18 heavy (non-hydrogen) atoms. The SMILES string of the molecule is CNC(=O)NC(=O)C(C)N[C@@H](C)c1ccncc1. The molecule has 0 radical (unpaired) electrons. The van der Waals surface area contributed by atoms with Crippen LogP contribution in [0.4, 0.5) is 4.79 Å². The van der Waals surface area contributed by atoms with Gasteiger partial charge in [-0.05, 0) is 31.5 Å². The molecule has 1 aromatic rings. The maximum Gasteiger partial charge on any atom is 0.321 e. The highest BCUT2D eigenvalue weighted by Crippen LogP contribution is 2.10. The highest BCUT2D eigenvalue weighted by atomic mass is 16.2. The lowest BCUT2D eigenvalue weighted by Gasteiger charge is -2.19. The normalized spacial score (nSPS) is 13.5. The molecule has 0 aliphatic rings. The van der Waals surface area contributed by atoms with Crippen LogP contribution in [0.25, 0.3) is 0 Å². The molecule has 0 saturated carbocycles. The van der Waals surface area contributed by atoms with E-state index in [0.29, 0.717) is 0 Å². The molecule has 3 N–H and O–H groups in total. The summed E-state index contributed by atoms with van der Waals surface area (Å²) in [5.74, 6) is -0.366. The zero-order valence-electron chi connectivity index (χ0n) is 10.7. The Morgan fingerprint density at radius 2 is 1.83 bits per heavy atom. The summed E-state index contributed by atoms with van der Waals surface area (Å²) in [4.78, 5) is 26.6. The molecule has 0 spiro atoms. The number of aromatic nitrogens is 1. The van der Waals surface area contributed by atoms with Crippen LogP contribution >= 0.6 is 0 Å². The lowest BCUT2D eigenvalue weighted by atomic mass is 10.1. The summed E-state index contributed by atoms with van der Waals surface area (Å²) >= 11 is 0. The first-order valence-corrected chi connectivity index (χ1v) is 5.73. The van der Waals surface area contributed by atoms with Crippen molar-refractivity contribution in [2.45, 2.75) is 25.9 Å². The Morgan fingerprint density at radius 3 is 2.39 bits per heavy atom. The van der Waals surface area contributed by atoms with Gasteiger partial charge in [-0.15, -0.1) is 0 Å². The summed E-state index contributed by atoms with van der Waals surface area (Å²) in [6, 6.07) is 2.77. The Hall–Kier alpha value is -1.95. The Bertz CT molecular complexity index is 408. The van der Waals surface area contributed by atoms with E-state index < -0.39 is 12.1 Å². The topological polar surface area (TPSA) is 83.1 Å². The van der Waals surface area contributed by atoms with E-state index >= 15 is 0 Å². The average Bonchev–Trinajstić information content (AvgIpc) is 2.39. The molecule has 0 saturated heterocycles. The molecule has 6 heteroatoms. The van der Waals surface area contributed by atoms with Crippen LogP contribution in [0, 0.1) is 0 Å². The van der Waals surface area contributed by atoms with Gasteiger partial charge in [-0.25, -0.2) is 4.79 Å². The second-order valence-corrected chi connectivity index (χ2v) is 3.96. The molecular weight excluding hydrogens is 232 g/mol. The van der Waals surface area contributed by atoms with Crippen molar-refractivity contribution in [2.75, 3.05) is 7.05 Å². The van der Waals surface area contributed by atoms with Crippen LogP contribution in [0.15, 0.2) is 24.5 Å². The average molecular weight is 250 g/mol. The maximum atomic E-state index is 11.6. The van der Waals surface area contributed by atoms with Crippen LogP contribution in [0.3, 0.4) is 0 Å². The maximum absolute atomic E-state index is 11.6. The lowest BCUT2D eigenvalue weighted by molar-refractivity contribution is -0.121. The fourth-order valence-corrected chi connectivity index (χ4v) is 1.48. The van der Waals surface area contributed by atoms with Gasteiger partial charge >= 0.3 is 6.03 Å². The monoisotopic (exact) mass is 250 g/mol. The first-order chi connectivity index (χ1) is 8.54. The predicted molar refractivity (Wildman–Crippen MR) is 67.8 cm³/mol.